The summed E-state index contributed by atoms with van der Waals surface area (Å²) in [5.74, 6) is -0.593. The van der Waals surface area contributed by atoms with Crippen LogP contribution in [-0.2, 0) is 9.59 Å². The molecule has 0 atom stereocenters. The van der Waals surface area contributed by atoms with Gasteiger partial charge in [0.05, 0.1) is 0 Å². The monoisotopic (exact) mass is 129 g/mol. The predicted molar refractivity (Wildman–Crippen MR) is 34.0 cm³/mol. The molecule has 0 radical (unpaired) electrons. The first-order valence-electron chi connectivity index (χ1n) is 2.70. The summed E-state index contributed by atoms with van der Waals surface area (Å²) >= 11 is 0. The second kappa shape index (κ2) is 2.27. The van der Waals surface area contributed by atoms with E-state index in [0.717, 1.165) is 0 Å². The molecule has 52 valence electrons. The maximum atomic E-state index is 10.6. The lowest BCUT2D eigenvalue weighted by Gasteiger charge is -2.15. The van der Waals surface area contributed by atoms with Gasteiger partial charge in [-0.15, -0.1) is 0 Å². The summed E-state index contributed by atoms with van der Waals surface area (Å²) in [5, 5.41) is 0. The zero-order chi connectivity index (χ0) is 7.65. The fraction of sp³-hybridized carbons (Fsp3) is 0.667. The summed E-state index contributed by atoms with van der Waals surface area (Å²) in [6, 6.07) is 0. The van der Waals surface area contributed by atoms with Gasteiger partial charge in [0, 0.05) is 0 Å². The molecule has 0 aliphatic rings. The Morgan fingerprint density at radius 3 is 1.44 bits per heavy atom. The fourth-order valence-corrected chi connectivity index (χ4v) is 0.248. The highest BCUT2D eigenvalue weighted by Crippen LogP contribution is 2.00. The lowest BCUT2D eigenvalue weighted by Crippen LogP contribution is -2.49. The fourth-order valence-electron chi connectivity index (χ4n) is 0.248. The zero-order valence-corrected chi connectivity index (χ0v) is 5.89. The third-order valence-electron chi connectivity index (χ3n) is 1.46. The van der Waals surface area contributed by atoms with Crippen molar-refractivity contribution in [3.63, 3.8) is 0 Å². The molecule has 0 unspecified atom stereocenters. The SMILES string of the molecule is CC(=O)C(C)(N)C(C)=O. The van der Waals surface area contributed by atoms with Gasteiger partial charge in [-0.3, -0.25) is 9.59 Å². The minimum atomic E-state index is -1.28. The van der Waals surface area contributed by atoms with E-state index in [1.807, 2.05) is 0 Å². The number of carbonyl (C=O) groups excluding carboxylic acids is 2. The number of Topliss-reactive ketones (excluding diaryl/α,β-unsaturated/α-hetero) is 2. The number of carbonyl (C=O) groups is 2. The Bertz CT molecular complexity index is 133. The van der Waals surface area contributed by atoms with Crippen molar-refractivity contribution in [2.45, 2.75) is 26.3 Å². The molecule has 0 saturated carbocycles. The quantitative estimate of drug-likeness (QED) is 0.529. The Morgan fingerprint density at radius 2 is 1.44 bits per heavy atom. The van der Waals surface area contributed by atoms with Crippen molar-refractivity contribution in [2.24, 2.45) is 5.73 Å². The highest BCUT2D eigenvalue weighted by Gasteiger charge is 2.29. The summed E-state index contributed by atoms with van der Waals surface area (Å²) in [6.45, 7) is 4.03. The van der Waals surface area contributed by atoms with Gasteiger partial charge in [0.1, 0.15) is 5.54 Å². The van der Waals surface area contributed by atoms with Crippen molar-refractivity contribution in [3.05, 3.63) is 0 Å². The second-order valence-electron chi connectivity index (χ2n) is 2.31. The van der Waals surface area contributed by atoms with Gasteiger partial charge in [-0.2, -0.15) is 0 Å². The van der Waals surface area contributed by atoms with Crippen LogP contribution in [0.2, 0.25) is 0 Å². The smallest absolute Gasteiger partial charge is 0.156 e. The average Bonchev–Trinajstić information content (AvgIpc) is 1.65. The van der Waals surface area contributed by atoms with E-state index in [9.17, 15) is 9.59 Å². The number of ketones is 2. The number of rotatable bonds is 2. The van der Waals surface area contributed by atoms with Crippen LogP contribution in [0.1, 0.15) is 20.8 Å². The lowest BCUT2D eigenvalue weighted by atomic mass is 9.95. The van der Waals surface area contributed by atoms with E-state index in [2.05, 4.69) is 0 Å². The van der Waals surface area contributed by atoms with Crippen LogP contribution in [0, 0.1) is 0 Å². The number of nitrogens with two attached hydrogens (primary N) is 1. The third kappa shape index (κ3) is 1.61. The molecule has 0 spiro atoms. The average molecular weight is 129 g/mol. The van der Waals surface area contributed by atoms with Crippen molar-refractivity contribution in [1.29, 1.82) is 0 Å². The molecule has 0 aromatic rings. The maximum absolute atomic E-state index is 10.6. The molecule has 0 aliphatic heterocycles. The van der Waals surface area contributed by atoms with Crippen LogP contribution < -0.4 is 5.73 Å². The standard InChI is InChI=1S/C6H11NO2/c1-4(8)6(3,7)5(2)9/h7H2,1-3H3. The first-order chi connectivity index (χ1) is 3.89. The van der Waals surface area contributed by atoms with Crippen LogP contribution in [0.25, 0.3) is 0 Å². The van der Waals surface area contributed by atoms with Gasteiger partial charge >= 0.3 is 0 Å². The molecule has 0 aromatic heterocycles. The highest BCUT2D eigenvalue weighted by atomic mass is 16.2. The zero-order valence-electron chi connectivity index (χ0n) is 5.89. The Labute approximate surface area is 54.2 Å². The van der Waals surface area contributed by atoms with Gasteiger partial charge in [0.15, 0.2) is 11.6 Å². The molecule has 0 heterocycles. The Morgan fingerprint density at radius 1 is 1.22 bits per heavy atom. The molecule has 0 fully saturated rings. The van der Waals surface area contributed by atoms with Crippen molar-refractivity contribution in [1.82, 2.24) is 0 Å². The molecule has 0 amide bonds. The van der Waals surface area contributed by atoms with Gasteiger partial charge in [-0.1, -0.05) is 0 Å². The van der Waals surface area contributed by atoms with E-state index in [-0.39, 0.29) is 11.6 Å². The molecule has 2 N–H and O–H groups in total. The number of hydrogen-bond donors (Lipinski definition) is 1. The van der Waals surface area contributed by atoms with Crippen LogP contribution >= 0.6 is 0 Å². The lowest BCUT2D eigenvalue weighted by molar-refractivity contribution is -0.131. The van der Waals surface area contributed by atoms with Gasteiger partial charge < -0.3 is 5.73 Å². The van der Waals surface area contributed by atoms with Crippen molar-refractivity contribution in [3.8, 4) is 0 Å². The van der Waals surface area contributed by atoms with Crippen LogP contribution in [-0.4, -0.2) is 17.1 Å². The minimum absolute atomic E-state index is 0.296. The molecule has 0 aromatic carbocycles. The van der Waals surface area contributed by atoms with Crippen molar-refractivity contribution < 1.29 is 9.59 Å². The second-order valence-corrected chi connectivity index (χ2v) is 2.31. The van der Waals surface area contributed by atoms with E-state index in [4.69, 9.17) is 5.73 Å². The molecule has 9 heavy (non-hydrogen) atoms. The van der Waals surface area contributed by atoms with E-state index in [1.54, 1.807) is 0 Å². The summed E-state index contributed by atoms with van der Waals surface area (Å²) in [4.78, 5) is 21.1. The molecule has 0 rings (SSSR count). The summed E-state index contributed by atoms with van der Waals surface area (Å²) in [5.41, 5.74) is 4.03. The highest BCUT2D eigenvalue weighted by molar-refractivity contribution is 6.08. The largest absolute Gasteiger partial charge is 0.313 e. The molecule has 0 saturated heterocycles. The third-order valence-corrected chi connectivity index (χ3v) is 1.46. The predicted octanol–water partition coefficient (Wildman–Crippen LogP) is -0.118. The molecular weight excluding hydrogens is 118 g/mol. The van der Waals surface area contributed by atoms with Crippen LogP contribution in [0.4, 0.5) is 0 Å². The normalized spacial score (nSPS) is 11.1. The van der Waals surface area contributed by atoms with Crippen molar-refractivity contribution in [2.75, 3.05) is 0 Å². The van der Waals surface area contributed by atoms with Crippen molar-refractivity contribution >= 4 is 11.6 Å². The summed E-state index contributed by atoms with van der Waals surface area (Å²) < 4.78 is 0. The molecule has 3 nitrogen and oxygen atoms in total. The first kappa shape index (κ1) is 8.30. The minimum Gasteiger partial charge on any atom is -0.313 e. The van der Waals surface area contributed by atoms with E-state index < -0.39 is 5.54 Å². The van der Waals surface area contributed by atoms with Crippen LogP contribution in [0.3, 0.4) is 0 Å². The topological polar surface area (TPSA) is 60.2 Å². The van der Waals surface area contributed by atoms with Gasteiger partial charge in [0.25, 0.3) is 0 Å². The first-order valence-corrected chi connectivity index (χ1v) is 2.70. The van der Waals surface area contributed by atoms with Crippen LogP contribution in [0.15, 0.2) is 0 Å². The molecule has 0 bridgehead atoms. The molecule has 0 aliphatic carbocycles. The van der Waals surface area contributed by atoms with E-state index in [1.165, 1.54) is 20.8 Å². The van der Waals surface area contributed by atoms with Crippen LogP contribution in [0.5, 0.6) is 0 Å². The van der Waals surface area contributed by atoms with E-state index >= 15 is 0 Å². The molecular formula is C6H11NO2. The Hall–Kier alpha value is -0.700. The Balaban J connectivity index is 4.38. The summed E-state index contributed by atoms with van der Waals surface area (Å²) in [7, 11) is 0. The molecule has 3 heteroatoms. The van der Waals surface area contributed by atoms with Gasteiger partial charge in [-0.25, -0.2) is 0 Å². The summed E-state index contributed by atoms with van der Waals surface area (Å²) in [6.07, 6.45) is 0. The van der Waals surface area contributed by atoms with E-state index in [0.29, 0.717) is 0 Å². The van der Waals surface area contributed by atoms with Gasteiger partial charge in [-0.05, 0) is 20.8 Å². The maximum Gasteiger partial charge on any atom is 0.156 e. The number of hydrogen-bond acceptors (Lipinski definition) is 3. The van der Waals surface area contributed by atoms with Gasteiger partial charge in [0.2, 0.25) is 0 Å². The Kier molecular flexibility index (Phi) is 2.09.